The monoisotopic (exact) mass is 264 g/mol. The first-order valence-corrected chi connectivity index (χ1v) is 5.48. The number of nitrogen functional groups attached to an aromatic ring is 2. The quantitative estimate of drug-likeness (QED) is 0.596. The largest absolute Gasteiger partial charge is 0.466 e. The van der Waals surface area contributed by atoms with Gasteiger partial charge in [-0.05, 0) is 6.92 Å². The van der Waals surface area contributed by atoms with Crippen LogP contribution < -0.4 is 17.0 Å². The molecule has 9 heteroatoms. The third kappa shape index (κ3) is 2.59. The average molecular weight is 264 g/mol. The molecule has 0 spiro atoms. The molecule has 0 amide bonds. The summed E-state index contributed by atoms with van der Waals surface area (Å²) in [5, 5.41) is 0. The molecule has 0 aromatic carbocycles. The van der Waals surface area contributed by atoms with Crippen molar-refractivity contribution >= 4 is 28.9 Å². The smallest absolute Gasteiger partial charge is 0.312 e. The molecule has 2 rings (SSSR count). The van der Waals surface area contributed by atoms with Crippen molar-refractivity contribution in [2.24, 2.45) is 0 Å². The zero-order valence-electron chi connectivity index (χ0n) is 10.1. The van der Waals surface area contributed by atoms with E-state index in [0.29, 0.717) is 0 Å². The zero-order valence-corrected chi connectivity index (χ0v) is 10.1. The van der Waals surface area contributed by atoms with Gasteiger partial charge < -0.3 is 21.2 Å². The number of nitrogens with two attached hydrogens (primary N) is 2. The number of anilines is 2. The number of hydrogen-bond donors (Lipinski definition) is 3. The molecule has 0 saturated carbocycles. The number of aromatic amines is 1. The van der Waals surface area contributed by atoms with Gasteiger partial charge in [-0.15, -0.1) is 0 Å². The first-order valence-electron chi connectivity index (χ1n) is 5.48. The maximum atomic E-state index is 11.7. The minimum Gasteiger partial charge on any atom is -0.466 e. The number of nitrogens with one attached hydrogen (secondary N) is 1. The van der Waals surface area contributed by atoms with E-state index in [1.54, 1.807) is 6.92 Å². The number of aromatic nitrogens is 4. The number of fused-ring (bicyclic) bond motifs is 1. The lowest BCUT2D eigenvalue weighted by Gasteiger charge is -2.04. The third-order valence-electron chi connectivity index (χ3n) is 2.29. The number of carbonyl (C=O) groups excluding carboxylic acids is 1. The van der Waals surface area contributed by atoms with Crippen LogP contribution in [0.2, 0.25) is 0 Å². The van der Waals surface area contributed by atoms with Crippen LogP contribution in [0.5, 0.6) is 0 Å². The van der Waals surface area contributed by atoms with E-state index in [0.717, 1.165) is 0 Å². The molecule has 9 nitrogen and oxygen atoms in total. The van der Waals surface area contributed by atoms with Crippen LogP contribution in [0.15, 0.2) is 4.79 Å². The second-order valence-corrected chi connectivity index (χ2v) is 3.66. The second kappa shape index (κ2) is 4.88. The van der Waals surface area contributed by atoms with Gasteiger partial charge in [0.1, 0.15) is 11.2 Å². The maximum absolute atomic E-state index is 11.7. The molecule has 0 atom stereocenters. The van der Waals surface area contributed by atoms with Crippen LogP contribution in [0.25, 0.3) is 11.2 Å². The molecule has 0 aliphatic rings. The summed E-state index contributed by atoms with van der Waals surface area (Å²) in [6, 6.07) is 0. The van der Waals surface area contributed by atoms with E-state index in [1.807, 2.05) is 0 Å². The number of carbonyl (C=O) groups is 1. The minimum absolute atomic E-state index is 0.00831. The molecule has 0 saturated heterocycles. The fourth-order valence-corrected chi connectivity index (χ4v) is 1.52. The highest BCUT2D eigenvalue weighted by Crippen LogP contribution is 2.13. The summed E-state index contributed by atoms with van der Waals surface area (Å²) in [6.07, 6.45) is -0.247. The fourth-order valence-electron chi connectivity index (χ4n) is 1.52. The van der Waals surface area contributed by atoms with Crippen LogP contribution in [0.4, 0.5) is 11.8 Å². The Morgan fingerprint density at radius 2 is 2.05 bits per heavy atom. The highest BCUT2D eigenvalue weighted by molar-refractivity contribution is 5.82. The van der Waals surface area contributed by atoms with Crippen molar-refractivity contribution in [2.75, 3.05) is 18.1 Å². The molecule has 100 valence electrons. The van der Waals surface area contributed by atoms with Crippen LogP contribution in [-0.2, 0) is 16.0 Å². The van der Waals surface area contributed by atoms with Crippen molar-refractivity contribution in [3.63, 3.8) is 0 Å². The Balaban J connectivity index is 2.49. The van der Waals surface area contributed by atoms with E-state index in [9.17, 15) is 9.59 Å². The van der Waals surface area contributed by atoms with E-state index in [1.165, 1.54) is 0 Å². The van der Waals surface area contributed by atoms with Crippen molar-refractivity contribution in [1.29, 1.82) is 0 Å². The standard InChI is InChI=1S/C10H12N6O3/c1-2-19-5(17)3-4-9(18)15-8-6(13-4)7(11)14-10(12)16-8/h2-3H2,1H3,(H5,11,12,14,15,16,18). The van der Waals surface area contributed by atoms with Crippen LogP contribution in [0, 0.1) is 0 Å². The van der Waals surface area contributed by atoms with Gasteiger partial charge in [0.05, 0.1) is 13.0 Å². The number of nitrogens with zero attached hydrogens (tertiary/aromatic N) is 3. The predicted molar refractivity (Wildman–Crippen MR) is 67.1 cm³/mol. The van der Waals surface area contributed by atoms with Gasteiger partial charge in [-0.3, -0.25) is 9.59 Å². The fraction of sp³-hybridized carbons (Fsp3) is 0.300. The number of H-pyrrole nitrogens is 1. The summed E-state index contributed by atoms with van der Waals surface area (Å²) in [5.74, 6) is -0.584. The van der Waals surface area contributed by atoms with Crippen molar-refractivity contribution < 1.29 is 9.53 Å². The molecular weight excluding hydrogens is 252 g/mol. The number of hydrogen-bond acceptors (Lipinski definition) is 8. The van der Waals surface area contributed by atoms with E-state index < -0.39 is 11.5 Å². The molecular formula is C10H12N6O3. The number of ether oxygens (including phenoxy) is 1. The summed E-state index contributed by atoms with van der Waals surface area (Å²) in [4.78, 5) is 37.0. The maximum Gasteiger partial charge on any atom is 0.312 e. The van der Waals surface area contributed by atoms with Gasteiger partial charge in [-0.2, -0.15) is 9.97 Å². The molecule has 0 aliphatic heterocycles. The molecule has 0 unspecified atom stereocenters. The van der Waals surface area contributed by atoms with Gasteiger partial charge >= 0.3 is 5.97 Å². The van der Waals surface area contributed by atoms with Crippen molar-refractivity contribution in [2.45, 2.75) is 13.3 Å². The summed E-state index contributed by atoms with van der Waals surface area (Å²) in [7, 11) is 0. The third-order valence-corrected chi connectivity index (χ3v) is 2.29. The molecule has 0 aliphatic carbocycles. The Hall–Kier alpha value is -2.71. The Bertz CT molecular complexity index is 695. The molecule has 2 heterocycles. The van der Waals surface area contributed by atoms with Gasteiger partial charge in [0.25, 0.3) is 5.56 Å². The number of esters is 1. The Morgan fingerprint density at radius 1 is 1.32 bits per heavy atom. The Labute approximate surface area is 107 Å². The zero-order chi connectivity index (χ0) is 14.0. The van der Waals surface area contributed by atoms with Crippen molar-refractivity contribution in [1.82, 2.24) is 19.9 Å². The second-order valence-electron chi connectivity index (χ2n) is 3.66. The normalized spacial score (nSPS) is 10.6. The van der Waals surface area contributed by atoms with Crippen LogP contribution >= 0.6 is 0 Å². The van der Waals surface area contributed by atoms with Gasteiger partial charge in [-0.1, -0.05) is 0 Å². The average Bonchev–Trinajstić information content (AvgIpc) is 2.31. The van der Waals surface area contributed by atoms with Gasteiger partial charge in [0.2, 0.25) is 5.95 Å². The molecule has 2 aromatic heterocycles. The van der Waals surface area contributed by atoms with Gasteiger partial charge in [-0.25, -0.2) is 4.98 Å². The summed E-state index contributed by atoms with van der Waals surface area (Å²) in [5.41, 5.74) is 10.8. The molecule has 5 N–H and O–H groups in total. The number of rotatable bonds is 3. The predicted octanol–water partition coefficient (Wildman–Crippen LogP) is -1.02. The lowest BCUT2D eigenvalue weighted by molar-refractivity contribution is -0.142. The van der Waals surface area contributed by atoms with E-state index in [-0.39, 0.29) is 41.7 Å². The van der Waals surface area contributed by atoms with E-state index in [4.69, 9.17) is 16.2 Å². The lowest BCUT2D eigenvalue weighted by Crippen LogP contribution is -2.21. The molecule has 0 fully saturated rings. The summed E-state index contributed by atoms with van der Waals surface area (Å²) < 4.78 is 4.75. The molecule has 0 radical (unpaired) electrons. The van der Waals surface area contributed by atoms with E-state index in [2.05, 4.69) is 19.9 Å². The molecule has 0 bridgehead atoms. The Morgan fingerprint density at radius 3 is 2.74 bits per heavy atom. The SMILES string of the molecule is CCOC(=O)Cc1nc2c(N)nc(N)nc2[nH]c1=O. The summed E-state index contributed by atoms with van der Waals surface area (Å²) >= 11 is 0. The minimum atomic E-state index is -0.546. The van der Waals surface area contributed by atoms with Gasteiger partial charge in [0.15, 0.2) is 11.5 Å². The van der Waals surface area contributed by atoms with E-state index >= 15 is 0 Å². The van der Waals surface area contributed by atoms with Gasteiger partial charge in [0, 0.05) is 0 Å². The first-order chi connectivity index (χ1) is 9.01. The highest BCUT2D eigenvalue weighted by Gasteiger charge is 2.13. The summed E-state index contributed by atoms with van der Waals surface area (Å²) in [6.45, 7) is 1.90. The van der Waals surface area contributed by atoms with Crippen LogP contribution in [-0.4, -0.2) is 32.5 Å². The first kappa shape index (κ1) is 12.7. The van der Waals surface area contributed by atoms with Crippen molar-refractivity contribution in [3.05, 3.63) is 16.0 Å². The van der Waals surface area contributed by atoms with Crippen molar-refractivity contribution in [3.8, 4) is 0 Å². The van der Waals surface area contributed by atoms with Crippen LogP contribution in [0.3, 0.4) is 0 Å². The van der Waals surface area contributed by atoms with Crippen LogP contribution in [0.1, 0.15) is 12.6 Å². The highest BCUT2D eigenvalue weighted by atomic mass is 16.5. The molecule has 19 heavy (non-hydrogen) atoms. The molecule has 2 aromatic rings. The lowest BCUT2D eigenvalue weighted by atomic mass is 10.3. The topological polar surface area (TPSA) is 150 Å². The Kier molecular flexibility index (Phi) is 3.27.